The summed E-state index contributed by atoms with van der Waals surface area (Å²) in [6, 6.07) is 8.07. The molecule has 1 aliphatic rings. The second kappa shape index (κ2) is 5.85. The fraction of sp³-hybridized carbons (Fsp3) is 0.375. The molecule has 4 nitrogen and oxygen atoms in total. The van der Waals surface area contributed by atoms with Gasteiger partial charge in [0.25, 0.3) is 0 Å². The van der Waals surface area contributed by atoms with Gasteiger partial charge in [0.05, 0.1) is 23.2 Å². The van der Waals surface area contributed by atoms with Crippen molar-refractivity contribution in [3.63, 3.8) is 0 Å². The number of carbonyl (C=O) groups is 1. The molecule has 3 rings (SSSR count). The van der Waals surface area contributed by atoms with Gasteiger partial charge in [-0.15, -0.1) is 11.3 Å². The number of carboxylic acid groups (broad SMARTS) is 1. The zero-order valence-electron chi connectivity index (χ0n) is 12.0. The van der Waals surface area contributed by atoms with Crippen LogP contribution in [-0.2, 0) is 24.2 Å². The molecule has 21 heavy (non-hydrogen) atoms. The van der Waals surface area contributed by atoms with Gasteiger partial charge in [-0.05, 0) is 24.5 Å². The summed E-state index contributed by atoms with van der Waals surface area (Å²) >= 11 is 1.67. The molecule has 1 aromatic carbocycles. The fourth-order valence-corrected chi connectivity index (χ4v) is 3.52. The summed E-state index contributed by atoms with van der Waals surface area (Å²) in [6.07, 6.45) is 1.55. The minimum atomic E-state index is -0.720. The van der Waals surface area contributed by atoms with Crippen LogP contribution in [0.1, 0.15) is 23.2 Å². The molecule has 0 radical (unpaired) electrons. The second-order valence-electron chi connectivity index (χ2n) is 5.33. The summed E-state index contributed by atoms with van der Waals surface area (Å²) in [4.78, 5) is 18.1. The maximum absolute atomic E-state index is 11.4. The lowest BCUT2D eigenvalue weighted by molar-refractivity contribution is -0.141. The van der Waals surface area contributed by atoms with Crippen LogP contribution in [0, 0.1) is 5.92 Å². The number of aryl methyl sites for hydroxylation is 1. The minimum Gasteiger partial charge on any atom is -0.481 e. The number of rotatable bonds is 4. The van der Waals surface area contributed by atoms with E-state index in [0.29, 0.717) is 19.5 Å². The summed E-state index contributed by atoms with van der Waals surface area (Å²) in [5.41, 5.74) is 3.28. The number of aliphatic carboxylic acids is 1. The van der Waals surface area contributed by atoms with E-state index in [0.717, 1.165) is 28.4 Å². The smallest absolute Gasteiger partial charge is 0.308 e. The van der Waals surface area contributed by atoms with E-state index >= 15 is 0 Å². The highest BCUT2D eigenvalue weighted by Crippen LogP contribution is 2.31. The highest BCUT2D eigenvalue weighted by molar-refractivity contribution is 7.09. The Morgan fingerprint density at radius 2 is 2.29 bits per heavy atom. The summed E-state index contributed by atoms with van der Waals surface area (Å²) in [5, 5.41) is 12.6. The molecule has 0 fully saturated rings. The van der Waals surface area contributed by atoms with Crippen molar-refractivity contribution in [2.75, 3.05) is 11.4 Å². The molecule has 2 aromatic rings. The number of benzene rings is 1. The maximum atomic E-state index is 11.4. The first kappa shape index (κ1) is 14.1. The van der Waals surface area contributed by atoms with E-state index in [1.54, 1.807) is 11.3 Å². The molecule has 2 heterocycles. The lowest BCUT2D eigenvalue weighted by atomic mass is 9.92. The van der Waals surface area contributed by atoms with Crippen molar-refractivity contribution in [2.24, 2.45) is 5.92 Å². The van der Waals surface area contributed by atoms with Gasteiger partial charge in [-0.2, -0.15) is 0 Å². The van der Waals surface area contributed by atoms with Crippen molar-refractivity contribution in [3.8, 4) is 0 Å². The molecule has 0 bridgehead atoms. The van der Waals surface area contributed by atoms with E-state index in [9.17, 15) is 9.90 Å². The molecular weight excluding hydrogens is 284 g/mol. The van der Waals surface area contributed by atoms with Crippen molar-refractivity contribution in [2.45, 2.75) is 26.3 Å². The second-order valence-corrected chi connectivity index (χ2v) is 6.28. The third kappa shape index (κ3) is 2.93. The Labute approximate surface area is 128 Å². The lowest BCUT2D eigenvalue weighted by Gasteiger charge is -2.34. The van der Waals surface area contributed by atoms with Crippen LogP contribution >= 0.6 is 11.3 Å². The number of nitrogens with zero attached hydrogens (tertiary/aromatic N) is 2. The van der Waals surface area contributed by atoms with E-state index in [1.165, 1.54) is 0 Å². The predicted octanol–water partition coefficient (Wildman–Crippen LogP) is 2.97. The average Bonchev–Trinajstić information content (AvgIpc) is 2.94. The Morgan fingerprint density at radius 3 is 3.00 bits per heavy atom. The van der Waals surface area contributed by atoms with Crippen LogP contribution in [0.3, 0.4) is 0 Å². The van der Waals surface area contributed by atoms with E-state index in [4.69, 9.17) is 0 Å². The maximum Gasteiger partial charge on any atom is 0.308 e. The van der Waals surface area contributed by atoms with Gasteiger partial charge < -0.3 is 10.0 Å². The first-order valence-electron chi connectivity index (χ1n) is 7.16. The first-order valence-corrected chi connectivity index (χ1v) is 8.04. The Morgan fingerprint density at radius 1 is 1.48 bits per heavy atom. The van der Waals surface area contributed by atoms with Crippen molar-refractivity contribution in [1.82, 2.24) is 4.98 Å². The number of hydrogen-bond acceptors (Lipinski definition) is 4. The average molecular weight is 302 g/mol. The molecule has 0 saturated heterocycles. The monoisotopic (exact) mass is 302 g/mol. The van der Waals surface area contributed by atoms with Crippen LogP contribution in [0.25, 0.3) is 0 Å². The number of fused-ring (bicyclic) bond motifs is 1. The number of hydrogen-bond donors (Lipinski definition) is 1. The molecular formula is C16H18N2O2S. The largest absolute Gasteiger partial charge is 0.481 e. The van der Waals surface area contributed by atoms with Crippen LogP contribution in [0.5, 0.6) is 0 Å². The number of para-hydroxylation sites is 1. The summed E-state index contributed by atoms with van der Waals surface area (Å²) < 4.78 is 0. The van der Waals surface area contributed by atoms with Gasteiger partial charge in [-0.1, -0.05) is 25.1 Å². The van der Waals surface area contributed by atoms with Crippen molar-refractivity contribution in [3.05, 3.63) is 45.9 Å². The standard InChI is InChI=1S/C16H18N2O2S/c1-2-15-17-13(10-21-15)9-18-8-12(16(19)20)7-11-5-3-4-6-14(11)18/h3-6,10,12H,2,7-9H2,1H3,(H,19,20). The van der Waals surface area contributed by atoms with Crippen LogP contribution in [0.2, 0.25) is 0 Å². The van der Waals surface area contributed by atoms with E-state index < -0.39 is 5.97 Å². The molecule has 0 amide bonds. The molecule has 1 unspecified atom stereocenters. The van der Waals surface area contributed by atoms with E-state index in [-0.39, 0.29) is 5.92 Å². The third-order valence-corrected chi connectivity index (χ3v) is 4.89. The van der Waals surface area contributed by atoms with Gasteiger partial charge in [0.15, 0.2) is 0 Å². The van der Waals surface area contributed by atoms with Crippen molar-refractivity contribution < 1.29 is 9.90 Å². The van der Waals surface area contributed by atoms with E-state index in [1.807, 2.05) is 18.2 Å². The van der Waals surface area contributed by atoms with Crippen LogP contribution < -0.4 is 4.90 Å². The summed E-state index contributed by atoms with van der Waals surface area (Å²) in [5.74, 6) is -1.06. The number of thiazole rings is 1. The van der Waals surface area contributed by atoms with Gasteiger partial charge >= 0.3 is 5.97 Å². The molecule has 1 atom stereocenters. The highest BCUT2D eigenvalue weighted by atomic mass is 32.1. The van der Waals surface area contributed by atoms with Gasteiger partial charge in [0.2, 0.25) is 0 Å². The fourth-order valence-electron chi connectivity index (χ4n) is 2.78. The Hall–Kier alpha value is -1.88. The number of carboxylic acids is 1. The van der Waals surface area contributed by atoms with Crippen LogP contribution in [0.15, 0.2) is 29.6 Å². The van der Waals surface area contributed by atoms with Gasteiger partial charge in [0.1, 0.15) is 0 Å². The molecule has 0 saturated carbocycles. The number of aromatic nitrogens is 1. The van der Waals surface area contributed by atoms with E-state index in [2.05, 4.69) is 28.3 Å². The van der Waals surface area contributed by atoms with Crippen LogP contribution in [0.4, 0.5) is 5.69 Å². The topological polar surface area (TPSA) is 53.4 Å². The Balaban J connectivity index is 1.87. The third-order valence-electron chi connectivity index (χ3n) is 3.84. The molecule has 1 aromatic heterocycles. The van der Waals surface area contributed by atoms with Crippen molar-refractivity contribution in [1.29, 1.82) is 0 Å². The van der Waals surface area contributed by atoms with Gasteiger partial charge in [0, 0.05) is 17.6 Å². The minimum absolute atomic E-state index is 0.343. The van der Waals surface area contributed by atoms with Gasteiger partial charge in [-0.25, -0.2) is 4.98 Å². The zero-order chi connectivity index (χ0) is 14.8. The zero-order valence-corrected chi connectivity index (χ0v) is 12.8. The molecule has 0 spiro atoms. The lowest BCUT2D eigenvalue weighted by Crippen LogP contribution is -2.38. The summed E-state index contributed by atoms with van der Waals surface area (Å²) in [6.45, 7) is 3.32. The summed E-state index contributed by atoms with van der Waals surface area (Å²) in [7, 11) is 0. The molecule has 110 valence electrons. The Kier molecular flexibility index (Phi) is 3.92. The quantitative estimate of drug-likeness (QED) is 0.943. The normalized spacial score (nSPS) is 17.6. The molecule has 0 aliphatic carbocycles. The van der Waals surface area contributed by atoms with Gasteiger partial charge in [-0.3, -0.25) is 4.79 Å². The van der Waals surface area contributed by atoms with Crippen LogP contribution in [-0.4, -0.2) is 22.6 Å². The van der Waals surface area contributed by atoms with Crippen molar-refractivity contribution >= 4 is 23.0 Å². The molecule has 1 N–H and O–H groups in total. The first-order chi connectivity index (χ1) is 10.2. The SMILES string of the molecule is CCc1nc(CN2CC(C(=O)O)Cc3ccccc32)cs1. The Bertz CT molecular complexity index is 653. The molecule has 5 heteroatoms. The predicted molar refractivity (Wildman–Crippen MR) is 83.8 cm³/mol. The number of anilines is 1. The molecule has 1 aliphatic heterocycles. The highest BCUT2D eigenvalue weighted by Gasteiger charge is 2.29.